The molecule has 2 bridgehead atoms. The van der Waals surface area contributed by atoms with Crippen LogP contribution in [-0.4, -0.2) is 21.3 Å². The van der Waals surface area contributed by atoms with E-state index in [0.29, 0.717) is 23.1 Å². The lowest BCUT2D eigenvalue weighted by Crippen LogP contribution is -2.27. The summed E-state index contributed by atoms with van der Waals surface area (Å²) in [5, 5.41) is 13.6. The van der Waals surface area contributed by atoms with Crippen LogP contribution in [0, 0.1) is 18.2 Å². The second kappa shape index (κ2) is 8.69. The lowest BCUT2D eigenvalue weighted by atomic mass is 9.34. The zero-order valence-corrected chi connectivity index (χ0v) is 17.2. The first-order chi connectivity index (χ1) is 13.2. The molecule has 2 atom stereocenters. The van der Waals surface area contributed by atoms with Crippen LogP contribution in [0.1, 0.15) is 56.7 Å². The highest BCUT2D eigenvalue weighted by molar-refractivity contribution is 8.13. The molecule has 144 valence electrons. The van der Waals surface area contributed by atoms with Crippen molar-refractivity contribution in [3.05, 3.63) is 23.5 Å². The average molecular weight is 409 g/mol. The van der Waals surface area contributed by atoms with Crippen LogP contribution >= 0.6 is 24.7 Å². The molecule has 2 aromatic rings. The van der Waals surface area contributed by atoms with Gasteiger partial charge in [0.25, 0.3) is 6.71 Å². The quantitative estimate of drug-likeness (QED) is 0.463. The van der Waals surface area contributed by atoms with Gasteiger partial charge in [-0.15, -0.1) is 7.77 Å². The lowest BCUT2D eigenvalue weighted by molar-refractivity contribution is 0.539. The van der Waals surface area contributed by atoms with Gasteiger partial charge >= 0.3 is 0 Å². The molecule has 4 rings (SSSR count). The Balaban J connectivity index is 0.00000102. The van der Waals surface area contributed by atoms with E-state index >= 15 is 0 Å². The highest BCUT2D eigenvalue weighted by Gasteiger charge is 2.46. The van der Waals surface area contributed by atoms with E-state index in [1.54, 1.807) is 12.3 Å². The van der Waals surface area contributed by atoms with Gasteiger partial charge in [0.1, 0.15) is 0 Å². The van der Waals surface area contributed by atoms with Gasteiger partial charge < -0.3 is 0 Å². The maximum absolute atomic E-state index is 13.2. The Labute approximate surface area is 167 Å². The smallest absolute Gasteiger partial charge is 0.233 e. The molecule has 0 saturated carbocycles. The molecular formula is C17H22BF2N5S2. The zero-order chi connectivity index (χ0) is 19.6. The number of rotatable bonds is 4. The first-order valence-corrected chi connectivity index (χ1v) is 10.6. The van der Waals surface area contributed by atoms with Gasteiger partial charge in [0.15, 0.2) is 36.1 Å². The minimum absolute atomic E-state index is 0.149. The number of hydrogen-bond donors (Lipinski definition) is 0. The fraction of sp³-hybridized carbons (Fsp3) is 0.588. The van der Waals surface area contributed by atoms with E-state index in [9.17, 15) is 13.0 Å². The van der Waals surface area contributed by atoms with Crippen LogP contribution in [-0.2, 0) is 0 Å². The summed E-state index contributed by atoms with van der Waals surface area (Å²) >= 11 is -0.381. The molecule has 0 N–H and O–H groups in total. The van der Waals surface area contributed by atoms with Crippen molar-refractivity contribution in [1.82, 2.24) is 14.6 Å². The number of nitrogens with zero attached hydrogens (tertiary/aromatic N) is 5. The topological polar surface area (TPSA) is 57.2 Å². The molecule has 0 aromatic carbocycles. The predicted octanol–water partition coefficient (Wildman–Crippen LogP) is 5.90. The Morgan fingerprint density at radius 3 is 2.44 bits per heavy atom. The van der Waals surface area contributed by atoms with Gasteiger partial charge in [0.2, 0.25) is 0 Å². The van der Waals surface area contributed by atoms with Gasteiger partial charge in [-0.3, -0.25) is 0 Å². The highest BCUT2D eigenvalue weighted by Crippen LogP contribution is 2.53. The van der Waals surface area contributed by atoms with Gasteiger partial charge in [-0.25, -0.2) is 10.2 Å². The van der Waals surface area contributed by atoms with E-state index in [-0.39, 0.29) is 37.3 Å². The number of nitriles is 1. The Morgan fingerprint density at radius 2 is 1.89 bits per heavy atom. The molecule has 27 heavy (non-hydrogen) atoms. The normalized spacial score (nSPS) is 23.7. The van der Waals surface area contributed by atoms with Crippen molar-refractivity contribution in [1.29, 1.82) is 5.26 Å². The Bertz CT molecular complexity index is 825. The number of anilines is 1. The van der Waals surface area contributed by atoms with Crippen molar-refractivity contribution in [2.75, 3.05) is 3.71 Å². The van der Waals surface area contributed by atoms with Crippen molar-refractivity contribution in [2.45, 2.75) is 64.0 Å². The van der Waals surface area contributed by atoms with Gasteiger partial charge in [0.05, 0.1) is 6.20 Å². The van der Waals surface area contributed by atoms with Crippen LogP contribution in [0.2, 0.25) is 11.6 Å². The SMILES string of the molecule is CC.Cc1cnn2c(N(SF)SF)cc(C3CC4CCC(C3)B4C#N)nc12. The van der Waals surface area contributed by atoms with Crippen molar-refractivity contribution in [3.8, 4) is 5.97 Å². The van der Waals surface area contributed by atoms with E-state index in [1.165, 1.54) is 4.52 Å². The Morgan fingerprint density at radius 1 is 1.26 bits per heavy atom. The molecule has 2 aromatic heterocycles. The highest BCUT2D eigenvalue weighted by atomic mass is 32.3. The number of hydrogen-bond acceptors (Lipinski definition) is 6. The summed E-state index contributed by atoms with van der Waals surface area (Å²) in [6.07, 6.45) is 5.65. The minimum atomic E-state index is -0.190. The molecule has 5 nitrogen and oxygen atoms in total. The van der Waals surface area contributed by atoms with Crippen molar-refractivity contribution in [3.63, 3.8) is 0 Å². The van der Waals surface area contributed by atoms with Gasteiger partial charge in [-0.1, -0.05) is 26.7 Å². The summed E-state index contributed by atoms with van der Waals surface area (Å²) in [6, 6.07) is 1.73. The average Bonchev–Trinajstić information content (AvgIpc) is 3.20. The fourth-order valence-electron chi connectivity index (χ4n) is 4.48. The standard InChI is InChI=1S/C15H16BF2N5S2.C2H6/c1-9-7-20-22-14(23(24-17)25-18)6-13(21-15(9)22)10-4-11-2-3-12(5-10)16(11)8-19;1-2/h6-7,10-12H,2-5H2,1H3;1-2H3. The molecule has 2 saturated heterocycles. The molecule has 2 aliphatic rings. The summed E-state index contributed by atoms with van der Waals surface area (Å²) in [5.74, 6) is 3.82. The number of fused-ring (bicyclic) bond motifs is 3. The third kappa shape index (κ3) is 3.64. The molecular weight excluding hydrogens is 387 g/mol. The molecule has 0 aliphatic carbocycles. The summed E-state index contributed by atoms with van der Waals surface area (Å²) in [5.41, 5.74) is 2.33. The maximum Gasteiger partial charge on any atom is 0.274 e. The zero-order valence-electron chi connectivity index (χ0n) is 15.6. The number of halogens is 2. The maximum atomic E-state index is 13.2. The Kier molecular flexibility index (Phi) is 6.53. The monoisotopic (exact) mass is 409 g/mol. The summed E-state index contributed by atoms with van der Waals surface area (Å²) in [6.45, 7) is 6.03. The summed E-state index contributed by atoms with van der Waals surface area (Å²) in [7, 11) is 0. The first-order valence-electron chi connectivity index (χ1n) is 9.28. The van der Waals surface area contributed by atoms with E-state index in [2.05, 4.69) is 11.1 Å². The van der Waals surface area contributed by atoms with Gasteiger partial charge in [-0.2, -0.15) is 13.3 Å². The lowest BCUT2D eigenvalue weighted by Gasteiger charge is -2.29. The number of aryl methyl sites for hydroxylation is 1. The van der Waals surface area contributed by atoms with Crippen LogP contribution < -0.4 is 3.71 Å². The fourth-order valence-corrected chi connectivity index (χ4v) is 4.96. The van der Waals surface area contributed by atoms with E-state index in [1.807, 2.05) is 20.8 Å². The third-order valence-corrected chi connectivity index (χ3v) is 6.59. The summed E-state index contributed by atoms with van der Waals surface area (Å²) < 4.78 is 28.6. The first kappa shape index (κ1) is 20.3. The van der Waals surface area contributed by atoms with Crippen LogP contribution in [0.25, 0.3) is 5.65 Å². The molecule has 2 fully saturated rings. The van der Waals surface area contributed by atoms with Gasteiger partial charge in [0, 0.05) is 29.2 Å². The van der Waals surface area contributed by atoms with Crippen LogP contribution in [0.3, 0.4) is 0 Å². The molecule has 4 heterocycles. The molecule has 0 radical (unpaired) electrons. The van der Waals surface area contributed by atoms with Crippen LogP contribution in [0.15, 0.2) is 12.3 Å². The second-order valence-electron chi connectivity index (χ2n) is 6.92. The Hall–Kier alpha value is -1.47. The van der Waals surface area contributed by atoms with Gasteiger partial charge in [-0.05, 0) is 31.4 Å². The van der Waals surface area contributed by atoms with Crippen molar-refractivity contribution >= 4 is 42.8 Å². The molecule has 2 unspecified atom stereocenters. The largest absolute Gasteiger partial charge is 0.274 e. The molecule has 0 spiro atoms. The predicted molar refractivity (Wildman–Crippen MR) is 109 cm³/mol. The summed E-state index contributed by atoms with van der Waals surface area (Å²) in [4.78, 5) is 4.75. The third-order valence-electron chi connectivity index (χ3n) is 5.63. The second-order valence-corrected chi connectivity index (χ2v) is 8.16. The van der Waals surface area contributed by atoms with Crippen molar-refractivity contribution in [2.24, 2.45) is 0 Å². The molecule has 0 amide bonds. The van der Waals surface area contributed by atoms with Crippen LogP contribution in [0.5, 0.6) is 0 Å². The minimum Gasteiger partial charge on any atom is -0.233 e. The van der Waals surface area contributed by atoms with Crippen molar-refractivity contribution < 1.29 is 7.77 Å². The van der Waals surface area contributed by atoms with E-state index in [0.717, 1.165) is 40.7 Å². The van der Waals surface area contributed by atoms with E-state index in [4.69, 9.17) is 4.98 Å². The van der Waals surface area contributed by atoms with E-state index < -0.39 is 0 Å². The number of aromatic nitrogens is 3. The molecule has 2 aliphatic heterocycles. The molecule has 10 heteroatoms. The van der Waals surface area contributed by atoms with Crippen LogP contribution in [0.4, 0.5) is 13.6 Å².